The molecule has 6 aliphatic heterocycles. The van der Waals surface area contributed by atoms with Crippen molar-refractivity contribution in [3.63, 3.8) is 0 Å². The molecule has 3 aromatic heterocycles. The number of nitrogens with one attached hydrogen (secondary N) is 3. The number of nitrogens with zero attached hydrogens (tertiary/aromatic N) is 12. The van der Waals surface area contributed by atoms with Gasteiger partial charge in [-0.2, -0.15) is 5.10 Å². The Morgan fingerprint density at radius 2 is 1.61 bits per heavy atom. The Balaban J connectivity index is 0.638. The number of allylic oxidation sites excluding steroid dienone is 1. The van der Waals surface area contributed by atoms with Gasteiger partial charge in [-0.05, 0) is 104 Å². The van der Waals surface area contributed by atoms with E-state index in [1.54, 1.807) is 16.8 Å². The lowest BCUT2D eigenvalue weighted by Crippen LogP contribution is -2.56. The number of hydrogen-bond acceptors (Lipinski definition) is 15. The lowest BCUT2D eigenvalue weighted by Gasteiger charge is -2.45. The van der Waals surface area contributed by atoms with Gasteiger partial charge in [0.1, 0.15) is 17.6 Å². The first-order chi connectivity index (χ1) is 32.5. The van der Waals surface area contributed by atoms with Crippen molar-refractivity contribution >= 4 is 63.6 Å². The molecule has 1 unspecified atom stereocenters. The highest BCUT2D eigenvalue weighted by molar-refractivity contribution is 6.23. The van der Waals surface area contributed by atoms with Gasteiger partial charge in [0.25, 0.3) is 17.7 Å². The van der Waals surface area contributed by atoms with Crippen molar-refractivity contribution in [1.82, 2.24) is 55.4 Å². The second kappa shape index (κ2) is 17.0. The van der Waals surface area contributed by atoms with Crippen LogP contribution < -0.4 is 25.3 Å². The normalized spacial score (nSPS) is 22.1. The molecule has 11 rings (SSSR count). The molecule has 2 aromatic carbocycles. The lowest BCUT2D eigenvalue weighted by atomic mass is 9.91. The number of imide groups is 2. The van der Waals surface area contributed by atoms with Crippen LogP contribution in [0.4, 0.5) is 23.1 Å². The highest BCUT2D eigenvalue weighted by Gasteiger charge is 2.45. The van der Waals surface area contributed by atoms with Gasteiger partial charge < -0.3 is 24.9 Å². The minimum absolute atomic E-state index is 0.0984. The average molecular weight is 908 g/mol. The second-order valence-corrected chi connectivity index (χ2v) is 18.8. The number of pyridine rings is 1. The van der Waals surface area contributed by atoms with E-state index in [1.807, 2.05) is 62.3 Å². The van der Waals surface area contributed by atoms with Crippen LogP contribution in [-0.2, 0) is 14.4 Å². The Labute approximate surface area is 386 Å². The zero-order valence-electron chi connectivity index (χ0n) is 37.8. The minimum Gasteiger partial charge on any atom is -0.371 e. The molecule has 2 atom stereocenters. The molecule has 0 spiro atoms. The smallest absolute Gasteiger partial charge is 0.262 e. The van der Waals surface area contributed by atoms with E-state index in [1.165, 1.54) is 0 Å². The summed E-state index contributed by atoms with van der Waals surface area (Å²) in [6, 6.07) is 14.0. The molecule has 9 heterocycles. The summed E-state index contributed by atoms with van der Waals surface area (Å²) in [6.07, 6.45) is 4.20. The molecular formula is C47H53N15O5. The number of fused-ring (bicyclic) bond motifs is 3. The first kappa shape index (κ1) is 42.6. The fraction of sp³-hybridized carbons (Fsp3) is 0.447. The van der Waals surface area contributed by atoms with Crippen molar-refractivity contribution in [1.29, 1.82) is 0 Å². The predicted molar refractivity (Wildman–Crippen MR) is 248 cm³/mol. The largest absolute Gasteiger partial charge is 0.371 e. The van der Waals surface area contributed by atoms with Crippen LogP contribution in [0.1, 0.15) is 66.3 Å². The molecule has 0 saturated carbocycles. The van der Waals surface area contributed by atoms with Crippen LogP contribution in [0, 0.1) is 11.8 Å². The molecule has 0 bridgehead atoms. The fourth-order valence-corrected chi connectivity index (χ4v) is 10.9. The number of benzene rings is 2. The van der Waals surface area contributed by atoms with Crippen molar-refractivity contribution in [3.8, 4) is 11.3 Å². The number of tetrazole rings is 1. The number of carbonyl (C=O) groups excluding carboxylic acids is 5. The number of hydrogen-bond donors (Lipinski definition) is 3. The van der Waals surface area contributed by atoms with Gasteiger partial charge in [0.2, 0.25) is 17.8 Å². The van der Waals surface area contributed by atoms with E-state index < -0.39 is 23.8 Å². The molecular weight excluding hydrogens is 855 g/mol. The Bertz CT molecular complexity index is 2850. The van der Waals surface area contributed by atoms with Crippen molar-refractivity contribution in [2.45, 2.75) is 51.6 Å². The topological polar surface area (TPSA) is 214 Å². The summed E-state index contributed by atoms with van der Waals surface area (Å²) in [5.74, 6) is 0.645. The summed E-state index contributed by atoms with van der Waals surface area (Å²) in [7, 11) is 1.85. The number of aromatic nitrogens is 7. The van der Waals surface area contributed by atoms with E-state index in [0.29, 0.717) is 40.2 Å². The van der Waals surface area contributed by atoms with Crippen molar-refractivity contribution in [2.75, 3.05) is 92.5 Å². The van der Waals surface area contributed by atoms with Gasteiger partial charge >= 0.3 is 0 Å². The molecule has 4 fully saturated rings. The maximum atomic E-state index is 13.7. The number of H-pyrrole nitrogens is 1. The highest BCUT2D eigenvalue weighted by atomic mass is 16.2. The summed E-state index contributed by atoms with van der Waals surface area (Å²) >= 11 is 0. The maximum absolute atomic E-state index is 13.7. The zero-order chi connectivity index (χ0) is 46.1. The Hall–Kier alpha value is -7.06. The monoisotopic (exact) mass is 907 g/mol. The third kappa shape index (κ3) is 7.76. The van der Waals surface area contributed by atoms with Crippen LogP contribution >= 0.6 is 0 Å². The van der Waals surface area contributed by atoms with Crippen molar-refractivity contribution < 1.29 is 24.0 Å². The molecule has 3 N–H and O–H groups in total. The van der Waals surface area contributed by atoms with E-state index in [2.05, 4.69) is 62.0 Å². The molecule has 20 nitrogen and oxygen atoms in total. The van der Waals surface area contributed by atoms with Gasteiger partial charge in [-0.1, -0.05) is 5.10 Å². The van der Waals surface area contributed by atoms with Gasteiger partial charge in [0, 0.05) is 113 Å². The van der Waals surface area contributed by atoms with Crippen molar-refractivity contribution in [2.24, 2.45) is 11.8 Å². The van der Waals surface area contributed by atoms with Crippen LogP contribution in [0.2, 0.25) is 0 Å². The molecule has 5 amide bonds. The number of likely N-dealkylation sites (tertiary alicyclic amines) is 1. The van der Waals surface area contributed by atoms with Gasteiger partial charge in [-0.3, -0.25) is 44.2 Å². The lowest BCUT2D eigenvalue weighted by molar-refractivity contribution is -0.136. The first-order valence-corrected chi connectivity index (χ1v) is 23.3. The van der Waals surface area contributed by atoms with Crippen molar-refractivity contribution in [3.05, 3.63) is 77.1 Å². The molecule has 4 saturated heterocycles. The number of aromatic amines is 1. The van der Waals surface area contributed by atoms with E-state index in [-0.39, 0.29) is 30.7 Å². The zero-order valence-corrected chi connectivity index (χ0v) is 37.8. The molecule has 20 heteroatoms. The van der Waals surface area contributed by atoms with Crippen LogP contribution in [-0.4, -0.2) is 158 Å². The molecule has 346 valence electrons. The van der Waals surface area contributed by atoms with Crippen LogP contribution in [0.15, 0.2) is 66.0 Å². The maximum Gasteiger partial charge on any atom is 0.262 e. The second-order valence-electron chi connectivity index (χ2n) is 18.8. The van der Waals surface area contributed by atoms with Gasteiger partial charge in [0.15, 0.2) is 0 Å². The van der Waals surface area contributed by atoms with Crippen LogP contribution in [0.25, 0.3) is 22.2 Å². The third-order valence-corrected chi connectivity index (χ3v) is 14.7. The predicted octanol–water partition coefficient (Wildman–Crippen LogP) is 2.91. The quantitative estimate of drug-likeness (QED) is 0.172. The minimum atomic E-state index is -0.964. The number of amides is 5. The standard InChI is InChI=1S/C47H53N15O5/c1-27-41(28(2)62-47(56(27)3)53-54-55-62)44(65)49-32-4-7-37-36(21-32)42(52-51-37)31-10-13-48-39(20-31)60-18-16-57(17-19-60)24-30-25-58(26-30)23-29-11-14-59(15-12-29)33-5-6-34-35(22-33)46(67)61(45(34)66)38-8-9-40(63)50-43(38)64/h4-7,10,13,20-22,28-30,38H,8-9,11-12,14-19,23-26H2,1-3H3,(H,49,65)(H,51,52)(H,50,63,64)/t28-,38?/m1/s1. The van der Waals surface area contributed by atoms with Gasteiger partial charge in [-0.15, -0.1) is 0 Å². The fourth-order valence-electron chi connectivity index (χ4n) is 10.9. The molecule has 6 aliphatic rings. The molecule has 0 radical (unpaired) electrons. The Kier molecular flexibility index (Phi) is 10.8. The number of carbonyl (C=O) groups is 5. The first-order valence-electron chi connectivity index (χ1n) is 23.3. The highest BCUT2D eigenvalue weighted by Crippen LogP contribution is 2.36. The molecule has 0 aliphatic carbocycles. The van der Waals surface area contributed by atoms with E-state index in [4.69, 9.17) is 4.98 Å². The Morgan fingerprint density at radius 3 is 2.40 bits per heavy atom. The molecule has 5 aromatic rings. The number of piperidine rings is 2. The number of anilines is 4. The summed E-state index contributed by atoms with van der Waals surface area (Å²) in [4.78, 5) is 81.8. The summed E-state index contributed by atoms with van der Waals surface area (Å²) in [6.45, 7) is 13.7. The summed E-state index contributed by atoms with van der Waals surface area (Å²) in [5, 5.41) is 26.1. The number of piperazine rings is 1. The Morgan fingerprint density at radius 1 is 0.836 bits per heavy atom. The van der Waals surface area contributed by atoms with E-state index in [0.717, 1.165) is 123 Å². The third-order valence-electron chi connectivity index (χ3n) is 14.7. The van der Waals surface area contributed by atoms with Gasteiger partial charge in [0.05, 0.1) is 28.3 Å². The van der Waals surface area contributed by atoms with E-state index >= 15 is 0 Å². The van der Waals surface area contributed by atoms with E-state index in [9.17, 15) is 24.0 Å². The summed E-state index contributed by atoms with van der Waals surface area (Å²) in [5.41, 5.74) is 6.21. The number of rotatable bonds is 10. The summed E-state index contributed by atoms with van der Waals surface area (Å²) < 4.78 is 1.65. The van der Waals surface area contributed by atoms with Gasteiger partial charge in [-0.25, -0.2) is 9.67 Å². The van der Waals surface area contributed by atoms with Crippen LogP contribution in [0.3, 0.4) is 0 Å². The average Bonchev–Trinajstić information content (AvgIpc) is 4.05. The molecule has 67 heavy (non-hydrogen) atoms. The SMILES string of the molecule is CC1=C(C(=O)Nc2ccc3[nH]nc(-c4ccnc(N5CCN(CC6CN(CC7CCN(c8ccc9c(c8)C(=O)N(C8CCC(=O)NC8=O)C9=O)CC7)C6)CC5)c4)c3c2)[C@@H](C)n2nnnc2N1C. The van der Waals surface area contributed by atoms with Crippen LogP contribution in [0.5, 0.6) is 0 Å².